The molecule has 1 aromatic heterocycles. The van der Waals surface area contributed by atoms with E-state index in [9.17, 15) is 4.39 Å². The van der Waals surface area contributed by atoms with Crippen LogP contribution in [-0.4, -0.2) is 35.9 Å². The number of thioether (sulfide) groups is 1. The number of imidazole rings is 1. The maximum atomic E-state index is 15.2. The molecule has 0 fully saturated rings. The molecule has 230 valence electrons. The number of halogens is 4. The summed E-state index contributed by atoms with van der Waals surface area (Å²) >= 11 is 7.55. The molecule has 4 aromatic rings. The number of aliphatic imine (C=N–C) groups is 1. The highest BCUT2D eigenvalue weighted by molar-refractivity contribution is 7.98. The molecule has 1 atom stereocenters. The first kappa shape index (κ1) is 31.5. The third kappa shape index (κ3) is 7.05. The number of methoxy groups -OCH3 is 1. The van der Waals surface area contributed by atoms with Crippen LogP contribution in [0.25, 0.3) is 5.69 Å². The zero-order chi connectivity index (χ0) is 31.2. The van der Waals surface area contributed by atoms with Gasteiger partial charge in [-0.05, 0) is 91.8 Å². The average molecular weight is 641 g/mol. The van der Waals surface area contributed by atoms with Crippen molar-refractivity contribution >= 4 is 35.5 Å². The average Bonchev–Trinajstić information content (AvgIpc) is 3.39. The minimum Gasteiger partial charge on any atom is -0.495 e. The fourth-order valence-electron chi connectivity index (χ4n) is 5.29. The van der Waals surface area contributed by atoms with E-state index in [-0.39, 0.29) is 29.0 Å². The first-order valence-electron chi connectivity index (χ1n) is 14.1. The number of fused-ring (bicyclic) bond motifs is 1. The van der Waals surface area contributed by atoms with Gasteiger partial charge in [-0.3, -0.25) is 9.56 Å². The van der Waals surface area contributed by atoms with Crippen LogP contribution in [0.3, 0.4) is 0 Å². The van der Waals surface area contributed by atoms with Crippen LogP contribution in [0.4, 0.5) is 13.2 Å². The summed E-state index contributed by atoms with van der Waals surface area (Å²) in [4.78, 5) is 8.67. The van der Waals surface area contributed by atoms with Gasteiger partial charge in [-0.25, -0.2) is 23.6 Å². The summed E-state index contributed by atoms with van der Waals surface area (Å²) in [6.45, 7) is 0. The van der Waals surface area contributed by atoms with E-state index in [1.165, 1.54) is 43.1 Å². The predicted octanol–water partition coefficient (Wildman–Crippen LogP) is 7.16. The van der Waals surface area contributed by atoms with Gasteiger partial charge in [0.15, 0.2) is 5.16 Å². The number of ether oxygens (including phenoxy) is 1. The van der Waals surface area contributed by atoms with Crippen LogP contribution in [0.5, 0.6) is 5.75 Å². The van der Waals surface area contributed by atoms with Crippen molar-refractivity contribution in [3.63, 3.8) is 0 Å². The number of rotatable bonds is 10. The van der Waals surface area contributed by atoms with Crippen LogP contribution in [-0.2, 0) is 18.6 Å². The van der Waals surface area contributed by atoms with E-state index in [1.54, 1.807) is 25.5 Å². The Bertz CT molecular complexity index is 1670. The van der Waals surface area contributed by atoms with Gasteiger partial charge < -0.3 is 10.5 Å². The van der Waals surface area contributed by atoms with Gasteiger partial charge in [0, 0.05) is 36.2 Å². The largest absolute Gasteiger partial charge is 0.495 e. The summed E-state index contributed by atoms with van der Waals surface area (Å²) < 4.78 is 51.8. The lowest BCUT2D eigenvalue weighted by atomic mass is 9.84. The quantitative estimate of drug-likeness (QED) is 0.0831. The highest BCUT2D eigenvalue weighted by Gasteiger charge is 2.31. The zero-order valence-corrected chi connectivity index (χ0v) is 25.9. The lowest BCUT2D eigenvalue weighted by molar-refractivity contribution is 0.414. The van der Waals surface area contributed by atoms with Crippen LogP contribution in [0.1, 0.15) is 53.3 Å². The maximum absolute atomic E-state index is 15.2. The van der Waals surface area contributed by atoms with Crippen LogP contribution in [0.2, 0.25) is 5.02 Å². The number of benzene rings is 3. The molecule has 0 saturated carbocycles. The number of nitrogens with zero attached hydrogens (tertiary/aromatic N) is 4. The van der Waals surface area contributed by atoms with Gasteiger partial charge in [-0.1, -0.05) is 29.4 Å². The van der Waals surface area contributed by atoms with E-state index in [2.05, 4.69) is 15.5 Å². The van der Waals surface area contributed by atoms with E-state index < -0.39 is 11.6 Å². The second-order valence-electron chi connectivity index (χ2n) is 10.3. The lowest BCUT2D eigenvalue weighted by Gasteiger charge is -2.26. The summed E-state index contributed by atoms with van der Waals surface area (Å²) in [5.41, 5.74) is 12.1. The van der Waals surface area contributed by atoms with Gasteiger partial charge in [0.05, 0.1) is 23.5 Å². The van der Waals surface area contributed by atoms with E-state index >= 15 is 8.78 Å². The number of hydrogen-bond acceptors (Lipinski definition) is 5. The predicted molar refractivity (Wildman–Crippen MR) is 170 cm³/mol. The number of nitrogens with two attached hydrogens (primary N) is 1. The van der Waals surface area contributed by atoms with Crippen molar-refractivity contribution in [3.8, 4) is 11.4 Å². The Kier molecular flexibility index (Phi) is 10.2. The third-order valence-corrected chi connectivity index (χ3v) is 8.75. The molecule has 0 spiro atoms. The van der Waals surface area contributed by atoms with Gasteiger partial charge in [0.25, 0.3) is 0 Å². The van der Waals surface area contributed by atoms with Crippen molar-refractivity contribution in [1.29, 1.82) is 0 Å². The Morgan fingerprint density at radius 2 is 1.91 bits per heavy atom. The molecule has 7 nitrogen and oxygen atoms in total. The molecule has 0 radical (unpaired) electrons. The van der Waals surface area contributed by atoms with E-state index in [0.717, 1.165) is 41.9 Å². The summed E-state index contributed by atoms with van der Waals surface area (Å²) in [6, 6.07) is 14.6. The van der Waals surface area contributed by atoms with Crippen molar-refractivity contribution in [1.82, 2.24) is 15.0 Å². The number of hydrazone groups is 1. The first-order valence-corrected chi connectivity index (χ1v) is 15.5. The van der Waals surface area contributed by atoms with Crippen molar-refractivity contribution in [2.75, 3.05) is 14.2 Å². The van der Waals surface area contributed by atoms with Crippen LogP contribution in [0, 0.1) is 17.5 Å². The first-order chi connectivity index (χ1) is 21.3. The molecular weight excluding hydrogens is 609 g/mol. The summed E-state index contributed by atoms with van der Waals surface area (Å²) in [5.74, 6) is -0.873. The topological polar surface area (TPSA) is 89.8 Å². The second-order valence-corrected chi connectivity index (χ2v) is 11.6. The Hall–Kier alpha value is -3.96. The third-order valence-electron chi connectivity index (χ3n) is 7.48. The number of guanidine groups is 1. The number of aryl methyl sites for hydroxylation is 2. The molecule has 1 unspecified atom stereocenters. The SMILES string of the molecule is C/N=C(\N)N/N=C/CCc1cc(F)c(CSc2nc3c(n2-c2ccc(F)cc2)C(c2ccc(Cl)c(OC)c2)CCC3)c(F)c1. The van der Waals surface area contributed by atoms with Crippen molar-refractivity contribution in [2.45, 2.75) is 48.9 Å². The Morgan fingerprint density at radius 3 is 2.61 bits per heavy atom. The Labute approximate surface area is 263 Å². The van der Waals surface area contributed by atoms with Crippen LogP contribution >= 0.6 is 23.4 Å². The fourth-order valence-corrected chi connectivity index (χ4v) is 6.54. The van der Waals surface area contributed by atoms with E-state index in [4.69, 9.17) is 27.1 Å². The Morgan fingerprint density at radius 1 is 1.16 bits per heavy atom. The van der Waals surface area contributed by atoms with Gasteiger partial charge >= 0.3 is 0 Å². The molecule has 1 heterocycles. The van der Waals surface area contributed by atoms with Gasteiger partial charge in [0.1, 0.15) is 23.2 Å². The molecule has 12 heteroatoms. The molecule has 1 aliphatic carbocycles. The molecule has 3 N–H and O–H groups in total. The van der Waals surface area contributed by atoms with Crippen LogP contribution < -0.4 is 15.9 Å². The fraction of sp³-hybridized carbons (Fsp3) is 0.281. The van der Waals surface area contributed by atoms with Crippen molar-refractivity contribution in [2.24, 2.45) is 15.8 Å². The number of nitrogens with one attached hydrogen (secondary N) is 1. The van der Waals surface area contributed by atoms with E-state index in [1.807, 2.05) is 22.8 Å². The summed E-state index contributed by atoms with van der Waals surface area (Å²) in [5, 5.41) is 5.02. The highest BCUT2D eigenvalue weighted by Crippen LogP contribution is 2.42. The molecule has 0 bridgehead atoms. The van der Waals surface area contributed by atoms with Gasteiger partial charge in [-0.15, -0.1) is 0 Å². The molecular formula is C32H32ClF3N6OS. The van der Waals surface area contributed by atoms with Gasteiger partial charge in [-0.2, -0.15) is 5.10 Å². The second kappa shape index (κ2) is 14.2. The van der Waals surface area contributed by atoms with Crippen molar-refractivity contribution < 1.29 is 17.9 Å². The molecule has 3 aromatic carbocycles. The van der Waals surface area contributed by atoms with E-state index in [0.29, 0.717) is 34.3 Å². The molecule has 1 aliphatic rings. The monoisotopic (exact) mass is 640 g/mol. The maximum Gasteiger partial charge on any atom is 0.209 e. The van der Waals surface area contributed by atoms with Gasteiger partial charge in [0.2, 0.25) is 5.96 Å². The lowest BCUT2D eigenvalue weighted by Crippen LogP contribution is -2.26. The molecule has 5 rings (SSSR count). The molecule has 44 heavy (non-hydrogen) atoms. The zero-order valence-electron chi connectivity index (χ0n) is 24.3. The molecule has 0 amide bonds. The Balaban J connectivity index is 1.43. The van der Waals surface area contributed by atoms with Crippen molar-refractivity contribution in [3.05, 3.63) is 105 Å². The molecule has 0 saturated heterocycles. The van der Waals surface area contributed by atoms with Crippen LogP contribution in [0.15, 0.2) is 69.8 Å². The standard InChI is InChI=1S/C32H32ClF3N6OS/c1-38-31(37)41-39-14-4-5-19-15-26(35)24(27(36)16-19)18-44-32-40-28-7-3-6-23(20-8-13-25(33)29(17-20)43-2)30(28)42(32)22-11-9-21(34)10-12-22/h8-17,23H,3-7,18H2,1-2H3,(H3,37,38,41)/b39-14+. The molecule has 0 aliphatic heterocycles. The number of hydrogen-bond donors (Lipinski definition) is 2. The normalized spacial score (nSPS) is 15.0. The number of aromatic nitrogens is 2. The summed E-state index contributed by atoms with van der Waals surface area (Å²) in [6.07, 6.45) is 4.96. The minimum atomic E-state index is -0.624. The highest BCUT2D eigenvalue weighted by atomic mass is 35.5. The summed E-state index contributed by atoms with van der Waals surface area (Å²) in [7, 11) is 3.11. The smallest absolute Gasteiger partial charge is 0.209 e. The minimum absolute atomic E-state index is 0.0233.